The molecule has 20 heavy (non-hydrogen) atoms. The molecule has 0 bridgehead atoms. The Bertz CT molecular complexity index is 287. The maximum atomic E-state index is 11.3. The molecule has 0 aliphatic carbocycles. The summed E-state index contributed by atoms with van der Waals surface area (Å²) >= 11 is 0. The van der Waals surface area contributed by atoms with Crippen LogP contribution in [0.3, 0.4) is 0 Å². The Morgan fingerprint density at radius 1 is 1.00 bits per heavy atom. The van der Waals surface area contributed by atoms with Crippen molar-refractivity contribution >= 4 is 11.9 Å². The van der Waals surface area contributed by atoms with Crippen molar-refractivity contribution in [2.24, 2.45) is 0 Å². The number of ether oxygens (including phenoxy) is 2. The molecular weight excluding hydrogens is 264 g/mol. The van der Waals surface area contributed by atoms with Crippen LogP contribution in [-0.4, -0.2) is 47.1 Å². The summed E-state index contributed by atoms with van der Waals surface area (Å²) in [6.07, 6.45) is 1.25. The molecule has 0 fully saturated rings. The van der Waals surface area contributed by atoms with E-state index in [2.05, 4.69) is 0 Å². The number of hydrogen-bond acceptors (Lipinski definition) is 6. The minimum Gasteiger partial charge on any atom is -0.464 e. The van der Waals surface area contributed by atoms with E-state index in [1.165, 1.54) is 13.8 Å². The Morgan fingerprint density at radius 3 is 2.10 bits per heavy atom. The van der Waals surface area contributed by atoms with Gasteiger partial charge in [-0.25, -0.2) is 9.59 Å². The van der Waals surface area contributed by atoms with Gasteiger partial charge in [0, 0.05) is 0 Å². The summed E-state index contributed by atoms with van der Waals surface area (Å²) in [6.45, 7) is 4.97. The van der Waals surface area contributed by atoms with Gasteiger partial charge in [-0.2, -0.15) is 0 Å². The Morgan fingerprint density at radius 2 is 1.60 bits per heavy atom. The molecule has 0 aliphatic rings. The van der Waals surface area contributed by atoms with Gasteiger partial charge in [-0.3, -0.25) is 0 Å². The van der Waals surface area contributed by atoms with Crippen LogP contribution in [0.5, 0.6) is 0 Å². The molecule has 6 heteroatoms. The van der Waals surface area contributed by atoms with E-state index in [0.717, 1.165) is 19.3 Å². The summed E-state index contributed by atoms with van der Waals surface area (Å²) in [5, 5.41) is 18.0. The highest BCUT2D eigenvalue weighted by atomic mass is 16.6. The zero-order valence-corrected chi connectivity index (χ0v) is 12.5. The minimum atomic E-state index is -1.11. The number of carbonyl (C=O) groups excluding carboxylic acids is 2. The molecule has 6 nitrogen and oxygen atoms in total. The van der Waals surface area contributed by atoms with E-state index >= 15 is 0 Å². The molecule has 0 aliphatic heterocycles. The van der Waals surface area contributed by atoms with Crippen molar-refractivity contribution in [1.82, 2.24) is 0 Å². The van der Waals surface area contributed by atoms with Crippen LogP contribution in [0.2, 0.25) is 0 Å². The lowest BCUT2D eigenvalue weighted by molar-refractivity contribution is -0.158. The van der Waals surface area contributed by atoms with Crippen LogP contribution in [0.4, 0.5) is 0 Å². The number of aliphatic hydroxyl groups is 2. The van der Waals surface area contributed by atoms with Gasteiger partial charge in [0.15, 0.2) is 0 Å². The molecule has 0 amide bonds. The fraction of sp³-hybridized carbons (Fsp3) is 0.857. The van der Waals surface area contributed by atoms with E-state index in [-0.39, 0.29) is 12.7 Å². The quantitative estimate of drug-likeness (QED) is 0.463. The van der Waals surface area contributed by atoms with Crippen LogP contribution in [0.25, 0.3) is 0 Å². The van der Waals surface area contributed by atoms with Crippen molar-refractivity contribution in [3.8, 4) is 0 Å². The van der Waals surface area contributed by atoms with E-state index in [1.54, 1.807) is 0 Å². The average Bonchev–Trinajstić information content (AvgIpc) is 2.37. The summed E-state index contributed by atoms with van der Waals surface area (Å²) in [4.78, 5) is 22.3. The first-order chi connectivity index (χ1) is 9.38. The first kappa shape index (κ1) is 18.9. The van der Waals surface area contributed by atoms with E-state index in [4.69, 9.17) is 19.7 Å². The molecule has 0 heterocycles. The number of esters is 2. The van der Waals surface area contributed by atoms with Gasteiger partial charge in [-0.1, -0.05) is 13.3 Å². The summed E-state index contributed by atoms with van der Waals surface area (Å²) in [5.74, 6) is -1.24. The molecule has 0 saturated carbocycles. The predicted molar refractivity (Wildman–Crippen MR) is 73.0 cm³/mol. The number of rotatable bonds is 10. The third-order valence-corrected chi connectivity index (χ3v) is 2.74. The molecule has 3 atom stereocenters. The van der Waals surface area contributed by atoms with Crippen molar-refractivity contribution < 1.29 is 29.3 Å². The van der Waals surface area contributed by atoms with Gasteiger partial charge in [0.1, 0.15) is 18.3 Å². The Labute approximate surface area is 120 Å². The molecule has 0 aromatic heterocycles. The zero-order chi connectivity index (χ0) is 15.5. The topological polar surface area (TPSA) is 93.1 Å². The Hall–Kier alpha value is -1.14. The largest absolute Gasteiger partial charge is 0.464 e. The molecular formula is C14H26O6. The van der Waals surface area contributed by atoms with Gasteiger partial charge in [-0.05, 0) is 39.5 Å². The zero-order valence-electron chi connectivity index (χ0n) is 12.5. The Kier molecular flexibility index (Phi) is 10.0. The molecule has 0 spiro atoms. The fourth-order valence-corrected chi connectivity index (χ4v) is 1.61. The Balaban J connectivity index is 3.86. The number of hydrogen-bond donors (Lipinski definition) is 2. The smallest absolute Gasteiger partial charge is 0.334 e. The molecule has 0 saturated heterocycles. The van der Waals surface area contributed by atoms with Gasteiger partial charge in [-0.15, -0.1) is 0 Å². The average molecular weight is 290 g/mol. The van der Waals surface area contributed by atoms with Crippen LogP contribution in [-0.2, 0) is 19.1 Å². The molecule has 0 aromatic rings. The third-order valence-electron chi connectivity index (χ3n) is 2.74. The second kappa shape index (κ2) is 10.6. The predicted octanol–water partition coefficient (Wildman–Crippen LogP) is 1.17. The van der Waals surface area contributed by atoms with Crippen molar-refractivity contribution in [3.63, 3.8) is 0 Å². The van der Waals surface area contributed by atoms with Crippen molar-refractivity contribution in [2.75, 3.05) is 6.61 Å². The van der Waals surface area contributed by atoms with E-state index in [9.17, 15) is 9.59 Å². The van der Waals surface area contributed by atoms with Crippen LogP contribution >= 0.6 is 0 Å². The minimum absolute atomic E-state index is 0.213. The van der Waals surface area contributed by atoms with Crippen molar-refractivity contribution in [1.29, 1.82) is 0 Å². The standard InChI is InChI=1S/C14H26O6/c1-4-7-12(20-14(18)11(3)16)8-5-6-9-19-13(17)10(2)15/h10-12,15-16H,4-9H2,1-3H3. The highest BCUT2D eigenvalue weighted by molar-refractivity contribution is 5.74. The maximum Gasteiger partial charge on any atom is 0.334 e. The second-order valence-corrected chi connectivity index (χ2v) is 4.86. The highest BCUT2D eigenvalue weighted by Crippen LogP contribution is 2.12. The molecule has 118 valence electrons. The molecule has 2 N–H and O–H groups in total. The molecule has 3 unspecified atom stereocenters. The molecule has 0 radical (unpaired) electrons. The number of carbonyl (C=O) groups is 2. The lowest BCUT2D eigenvalue weighted by Gasteiger charge is -2.18. The van der Waals surface area contributed by atoms with Gasteiger partial charge in [0.05, 0.1) is 6.61 Å². The number of unbranched alkanes of at least 4 members (excludes halogenated alkanes) is 1. The lowest BCUT2D eigenvalue weighted by atomic mass is 10.1. The third kappa shape index (κ3) is 8.87. The van der Waals surface area contributed by atoms with Crippen LogP contribution in [0.1, 0.15) is 52.9 Å². The molecule has 0 rings (SSSR count). The van der Waals surface area contributed by atoms with E-state index in [0.29, 0.717) is 12.8 Å². The van der Waals surface area contributed by atoms with Gasteiger partial charge in [0.25, 0.3) is 0 Å². The monoisotopic (exact) mass is 290 g/mol. The second-order valence-electron chi connectivity index (χ2n) is 4.86. The summed E-state index contributed by atoms with van der Waals surface area (Å²) in [6, 6.07) is 0. The number of aliphatic hydroxyl groups excluding tert-OH is 2. The van der Waals surface area contributed by atoms with Crippen molar-refractivity contribution in [3.05, 3.63) is 0 Å². The highest BCUT2D eigenvalue weighted by Gasteiger charge is 2.17. The first-order valence-electron chi connectivity index (χ1n) is 7.11. The van der Waals surface area contributed by atoms with E-state index in [1.807, 2.05) is 6.92 Å². The maximum absolute atomic E-state index is 11.3. The van der Waals surface area contributed by atoms with Crippen LogP contribution in [0, 0.1) is 0 Å². The summed E-state index contributed by atoms with van der Waals surface area (Å²) in [5.41, 5.74) is 0. The van der Waals surface area contributed by atoms with Crippen LogP contribution in [0.15, 0.2) is 0 Å². The lowest BCUT2D eigenvalue weighted by Crippen LogP contribution is -2.26. The van der Waals surface area contributed by atoms with Gasteiger partial charge in [0.2, 0.25) is 0 Å². The normalized spacial score (nSPS) is 15.2. The van der Waals surface area contributed by atoms with Crippen molar-refractivity contribution in [2.45, 2.75) is 71.2 Å². The molecule has 0 aromatic carbocycles. The summed E-state index contributed by atoms with van der Waals surface area (Å²) in [7, 11) is 0. The summed E-state index contributed by atoms with van der Waals surface area (Å²) < 4.78 is 10.0. The van der Waals surface area contributed by atoms with Crippen LogP contribution < -0.4 is 0 Å². The van der Waals surface area contributed by atoms with Gasteiger partial charge < -0.3 is 19.7 Å². The fourth-order valence-electron chi connectivity index (χ4n) is 1.61. The first-order valence-corrected chi connectivity index (χ1v) is 7.11. The SMILES string of the molecule is CCCC(CCCCOC(=O)C(C)O)OC(=O)C(C)O. The van der Waals surface area contributed by atoms with Gasteiger partial charge >= 0.3 is 11.9 Å². The van der Waals surface area contributed by atoms with E-state index < -0.39 is 24.1 Å².